The Balaban J connectivity index is 2.80. The van der Waals surface area contributed by atoms with Crippen LogP contribution in [0, 0.1) is 0 Å². The monoisotopic (exact) mass is 226 g/mol. The molecule has 62 valence electrons. The molecule has 0 radical (unpaired) electrons. The van der Waals surface area contributed by atoms with E-state index in [4.69, 9.17) is 5.73 Å². The van der Waals surface area contributed by atoms with E-state index in [-0.39, 0.29) is 0 Å². The summed E-state index contributed by atoms with van der Waals surface area (Å²) in [5, 5.41) is 0. The van der Waals surface area contributed by atoms with Gasteiger partial charge in [-0.2, -0.15) is 0 Å². The number of aromatic nitrogens is 3. The van der Waals surface area contributed by atoms with Crippen molar-refractivity contribution in [2.24, 2.45) is 5.73 Å². The standard InChI is InChI=1S/C7H7BrN4/c8-6-3-10-4-12-5(1-9)2-11-7(6)12/h2-4H,1,9H2. The third-order valence-electron chi connectivity index (χ3n) is 1.67. The summed E-state index contributed by atoms with van der Waals surface area (Å²) >= 11 is 3.35. The molecular formula is C7H7BrN4. The van der Waals surface area contributed by atoms with Gasteiger partial charge in [-0.05, 0) is 15.9 Å². The Morgan fingerprint density at radius 2 is 2.33 bits per heavy atom. The van der Waals surface area contributed by atoms with Crippen molar-refractivity contribution in [1.29, 1.82) is 0 Å². The van der Waals surface area contributed by atoms with Gasteiger partial charge in [-0.3, -0.25) is 4.40 Å². The fourth-order valence-corrected chi connectivity index (χ4v) is 1.49. The molecule has 2 aromatic heterocycles. The molecular weight excluding hydrogens is 220 g/mol. The van der Waals surface area contributed by atoms with Crippen molar-refractivity contribution in [3.05, 3.63) is 28.9 Å². The van der Waals surface area contributed by atoms with Crippen LogP contribution < -0.4 is 5.73 Å². The van der Waals surface area contributed by atoms with Crippen molar-refractivity contribution in [2.45, 2.75) is 6.54 Å². The van der Waals surface area contributed by atoms with Crippen LogP contribution >= 0.6 is 15.9 Å². The maximum atomic E-state index is 5.51. The van der Waals surface area contributed by atoms with Gasteiger partial charge in [-0.25, -0.2) is 9.97 Å². The summed E-state index contributed by atoms with van der Waals surface area (Å²) in [6, 6.07) is 0. The smallest absolute Gasteiger partial charge is 0.154 e. The Labute approximate surface area is 77.6 Å². The van der Waals surface area contributed by atoms with Crippen LogP contribution in [0.2, 0.25) is 0 Å². The van der Waals surface area contributed by atoms with Gasteiger partial charge in [0, 0.05) is 12.7 Å². The maximum Gasteiger partial charge on any atom is 0.154 e. The molecule has 5 heteroatoms. The van der Waals surface area contributed by atoms with Crippen LogP contribution in [0.1, 0.15) is 5.69 Å². The molecule has 0 atom stereocenters. The molecule has 0 spiro atoms. The Bertz CT molecular complexity index is 409. The van der Waals surface area contributed by atoms with E-state index in [1.807, 2.05) is 4.40 Å². The lowest BCUT2D eigenvalue weighted by Crippen LogP contribution is -2.00. The third kappa shape index (κ3) is 1.02. The minimum Gasteiger partial charge on any atom is -0.325 e. The van der Waals surface area contributed by atoms with Gasteiger partial charge in [0.25, 0.3) is 0 Å². The second-order valence-electron chi connectivity index (χ2n) is 2.39. The average molecular weight is 227 g/mol. The van der Waals surface area contributed by atoms with E-state index in [2.05, 4.69) is 25.9 Å². The SMILES string of the molecule is NCc1cnc2c(Br)cncn12. The molecule has 0 aliphatic rings. The van der Waals surface area contributed by atoms with E-state index in [0.29, 0.717) is 6.54 Å². The molecule has 0 unspecified atom stereocenters. The number of nitrogens with zero attached hydrogens (tertiary/aromatic N) is 3. The van der Waals surface area contributed by atoms with E-state index in [0.717, 1.165) is 15.8 Å². The first kappa shape index (κ1) is 7.70. The zero-order valence-corrected chi connectivity index (χ0v) is 7.82. The fraction of sp³-hybridized carbons (Fsp3) is 0.143. The lowest BCUT2D eigenvalue weighted by molar-refractivity contribution is 0.934. The Morgan fingerprint density at radius 3 is 3.08 bits per heavy atom. The van der Waals surface area contributed by atoms with Crippen LogP contribution in [0.3, 0.4) is 0 Å². The first-order valence-corrected chi connectivity index (χ1v) is 4.27. The summed E-state index contributed by atoms with van der Waals surface area (Å²) in [5.41, 5.74) is 7.32. The summed E-state index contributed by atoms with van der Waals surface area (Å²) in [6.45, 7) is 0.472. The van der Waals surface area contributed by atoms with Crippen molar-refractivity contribution >= 4 is 21.6 Å². The summed E-state index contributed by atoms with van der Waals surface area (Å²) in [5.74, 6) is 0. The Kier molecular flexibility index (Phi) is 1.82. The van der Waals surface area contributed by atoms with E-state index in [1.54, 1.807) is 18.7 Å². The Morgan fingerprint density at radius 1 is 1.50 bits per heavy atom. The van der Waals surface area contributed by atoms with Crippen molar-refractivity contribution in [1.82, 2.24) is 14.4 Å². The fourth-order valence-electron chi connectivity index (χ4n) is 1.08. The molecule has 0 saturated heterocycles. The first-order valence-electron chi connectivity index (χ1n) is 3.48. The van der Waals surface area contributed by atoms with Gasteiger partial charge in [0.15, 0.2) is 5.65 Å². The molecule has 0 fully saturated rings. The van der Waals surface area contributed by atoms with Crippen molar-refractivity contribution in [3.8, 4) is 0 Å². The number of hydrogen-bond donors (Lipinski definition) is 1. The first-order chi connectivity index (χ1) is 5.83. The van der Waals surface area contributed by atoms with E-state index >= 15 is 0 Å². The molecule has 4 nitrogen and oxygen atoms in total. The average Bonchev–Trinajstić information content (AvgIpc) is 2.49. The summed E-state index contributed by atoms with van der Waals surface area (Å²) in [6.07, 6.45) is 5.17. The van der Waals surface area contributed by atoms with Gasteiger partial charge in [0.2, 0.25) is 0 Å². The number of rotatable bonds is 1. The second kappa shape index (κ2) is 2.84. The van der Waals surface area contributed by atoms with Gasteiger partial charge in [-0.15, -0.1) is 0 Å². The molecule has 2 heterocycles. The van der Waals surface area contributed by atoms with E-state index in [1.165, 1.54) is 0 Å². The largest absolute Gasteiger partial charge is 0.325 e. The van der Waals surface area contributed by atoms with Crippen LogP contribution in [0.15, 0.2) is 23.2 Å². The molecule has 0 amide bonds. The molecule has 0 aromatic carbocycles. The van der Waals surface area contributed by atoms with Crippen LogP contribution in [0.5, 0.6) is 0 Å². The minimum absolute atomic E-state index is 0.472. The molecule has 0 bridgehead atoms. The number of hydrogen-bond acceptors (Lipinski definition) is 3. The zero-order valence-electron chi connectivity index (χ0n) is 6.24. The molecule has 0 aliphatic heterocycles. The van der Waals surface area contributed by atoms with Gasteiger partial charge in [0.05, 0.1) is 16.4 Å². The molecule has 2 aromatic rings. The highest BCUT2D eigenvalue weighted by Gasteiger charge is 2.03. The topological polar surface area (TPSA) is 56.2 Å². The predicted octanol–water partition coefficient (Wildman–Crippen LogP) is 0.951. The van der Waals surface area contributed by atoms with Crippen molar-refractivity contribution < 1.29 is 0 Å². The van der Waals surface area contributed by atoms with Crippen molar-refractivity contribution in [3.63, 3.8) is 0 Å². The second-order valence-corrected chi connectivity index (χ2v) is 3.24. The van der Waals surface area contributed by atoms with Gasteiger partial charge in [-0.1, -0.05) is 0 Å². The van der Waals surface area contributed by atoms with Crippen LogP contribution in [0.4, 0.5) is 0 Å². The predicted molar refractivity (Wildman–Crippen MR) is 48.6 cm³/mol. The highest BCUT2D eigenvalue weighted by atomic mass is 79.9. The van der Waals surface area contributed by atoms with Crippen LogP contribution in [0.25, 0.3) is 5.65 Å². The number of nitrogens with two attached hydrogens (primary N) is 1. The minimum atomic E-state index is 0.472. The molecule has 2 rings (SSSR count). The summed E-state index contributed by atoms with van der Waals surface area (Å²) < 4.78 is 2.74. The quantitative estimate of drug-likeness (QED) is 0.788. The normalized spacial score (nSPS) is 10.8. The van der Waals surface area contributed by atoms with Gasteiger partial charge in [0.1, 0.15) is 6.33 Å². The third-order valence-corrected chi connectivity index (χ3v) is 2.23. The van der Waals surface area contributed by atoms with Gasteiger partial charge < -0.3 is 5.73 Å². The highest BCUT2D eigenvalue weighted by molar-refractivity contribution is 9.10. The van der Waals surface area contributed by atoms with Crippen molar-refractivity contribution in [2.75, 3.05) is 0 Å². The molecule has 2 N–H and O–H groups in total. The zero-order chi connectivity index (χ0) is 8.55. The Hall–Kier alpha value is -0.940. The number of imidazole rings is 1. The lowest BCUT2D eigenvalue weighted by Gasteiger charge is -1.97. The van der Waals surface area contributed by atoms with E-state index in [9.17, 15) is 0 Å². The van der Waals surface area contributed by atoms with Crippen LogP contribution in [-0.4, -0.2) is 14.4 Å². The lowest BCUT2D eigenvalue weighted by atomic mass is 10.5. The van der Waals surface area contributed by atoms with Crippen LogP contribution in [-0.2, 0) is 6.54 Å². The number of fused-ring (bicyclic) bond motifs is 1. The van der Waals surface area contributed by atoms with E-state index < -0.39 is 0 Å². The maximum absolute atomic E-state index is 5.51. The molecule has 0 saturated carbocycles. The number of halogens is 1. The summed E-state index contributed by atoms with van der Waals surface area (Å²) in [4.78, 5) is 8.20. The summed E-state index contributed by atoms with van der Waals surface area (Å²) in [7, 11) is 0. The highest BCUT2D eigenvalue weighted by Crippen LogP contribution is 2.15. The molecule has 12 heavy (non-hydrogen) atoms. The molecule has 0 aliphatic carbocycles. The van der Waals surface area contributed by atoms with Gasteiger partial charge >= 0.3 is 0 Å².